The summed E-state index contributed by atoms with van der Waals surface area (Å²) in [5.74, 6) is -1.28. The van der Waals surface area contributed by atoms with Crippen molar-refractivity contribution in [1.82, 2.24) is 4.90 Å². The van der Waals surface area contributed by atoms with Gasteiger partial charge in [-0.3, -0.25) is 19.7 Å². The number of nitro groups is 1. The lowest BCUT2D eigenvalue weighted by Crippen LogP contribution is -2.37. The van der Waals surface area contributed by atoms with Gasteiger partial charge in [-0.25, -0.2) is 0 Å². The van der Waals surface area contributed by atoms with Crippen molar-refractivity contribution in [2.75, 3.05) is 6.54 Å². The van der Waals surface area contributed by atoms with Gasteiger partial charge in [0.2, 0.25) is 0 Å². The maximum absolute atomic E-state index is 12.5. The first-order valence-electron chi connectivity index (χ1n) is 6.68. The molecule has 1 aliphatic heterocycles. The van der Waals surface area contributed by atoms with Crippen LogP contribution >= 0.6 is 0 Å². The molecule has 2 rings (SSSR count). The van der Waals surface area contributed by atoms with Crippen LogP contribution in [0.25, 0.3) is 0 Å². The summed E-state index contributed by atoms with van der Waals surface area (Å²) in [4.78, 5) is 35.3. The molecule has 21 heavy (non-hydrogen) atoms. The second kappa shape index (κ2) is 5.90. The maximum atomic E-state index is 12.5. The first-order chi connectivity index (χ1) is 9.91. The van der Waals surface area contributed by atoms with Crippen LogP contribution in [0, 0.1) is 17.0 Å². The molecule has 112 valence electrons. The Kier molecular flexibility index (Phi) is 4.21. The number of hydrogen-bond acceptors (Lipinski definition) is 4. The number of carboxylic acids is 1. The Morgan fingerprint density at radius 3 is 2.81 bits per heavy atom. The van der Waals surface area contributed by atoms with Crippen molar-refractivity contribution in [3.05, 3.63) is 39.4 Å². The summed E-state index contributed by atoms with van der Waals surface area (Å²) < 4.78 is 0. The minimum absolute atomic E-state index is 0.0975. The molecule has 7 heteroatoms. The van der Waals surface area contributed by atoms with Gasteiger partial charge >= 0.3 is 5.97 Å². The summed E-state index contributed by atoms with van der Waals surface area (Å²) >= 11 is 0. The van der Waals surface area contributed by atoms with Crippen LogP contribution in [0.2, 0.25) is 0 Å². The molecule has 1 atom stereocenters. The summed E-state index contributed by atoms with van der Waals surface area (Å²) in [5, 5.41) is 19.8. The number of nitrogens with zero attached hydrogens (tertiary/aromatic N) is 2. The summed E-state index contributed by atoms with van der Waals surface area (Å²) in [7, 11) is 0. The number of carboxylic acid groups (broad SMARTS) is 1. The van der Waals surface area contributed by atoms with E-state index in [0.29, 0.717) is 18.5 Å². The van der Waals surface area contributed by atoms with E-state index in [4.69, 9.17) is 5.11 Å². The van der Waals surface area contributed by atoms with Crippen LogP contribution in [-0.2, 0) is 4.79 Å². The van der Waals surface area contributed by atoms with E-state index in [0.717, 1.165) is 6.42 Å². The topological polar surface area (TPSA) is 101 Å². The highest BCUT2D eigenvalue weighted by Gasteiger charge is 2.32. The highest BCUT2D eigenvalue weighted by molar-refractivity contribution is 5.97. The van der Waals surface area contributed by atoms with Gasteiger partial charge in [0, 0.05) is 29.8 Å². The fourth-order valence-electron chi connectivity index (χ4n) is 2.72. The average Bonchev–Trinajstić information content (AvgIpc) is 2.85. The zero-order chi connectivity index (χ0) is 15.6. The number of aliphatic carboxylic acids is 1. The molecule has 0 spiro atoms. The number of rotatable bonds is 4. The van der Waals surface area contributed by atoms with E-state index >= 15 is 0 Å². The summed E-state index contributed by atoms with van der Waals surface area (Å²) in [6.45, 7) is 2.02. The van der Waals surface area contributed by atoms with Crippen molar-refractivity contribution in [2.45, 2.75) is 32.2 Å². The van der Waals surface area contributed by atoms with Crippen molar-refractivity contribution in [3.63, 3.8) is 0 Å². The van der Waals surface area contributed by atoms with E-state index in [2.05, 4.69) is 0 Å². The van der Waals surface area contributed by atoms with Crippen molar-refractivity contribution < 1.29 is 19.6 Å². The van der Waals surface area contributed by atoms with Crippen molar-refractivity contribution >= 4 is 17.6 Å². The molecule has 1 amide bonds. The highest BCUT2D eigenvalue weighted by Crippen LogP contribution is 2.27. The van der Waals surface area contributed by atoms with Crippen molar-refractivity contribution in [2.24, 2.45) is 0 Å². The lowest BCUT2D eigenvalue weighted by Gasteiger charge is -2.24. The zero-order valence-corrected chi connectivity index (χ0v) is 11.6. The lowest BCUT2D eigenvalue weighted by molar-refractivity contribution is -0.385. The second-order valence-electron chi connectivity index (χ2n) is 5.10. The first-order valence-corrected chi connectivity index (χ1v) is 6.68. The Hall–Kier alpha value is -2.44. The van der Waals surface area contributed by atoms with Gasteiger partial charge in [0.15, 0.2) is 0 Å². The van der Waals surface area contributed by atoms with Gasteiger partial charge in [-0.15, -0.1) is 0 Å². The number of carbonyl (C=O) groups is 2. The van der Waals surface area contributed by atoms with Gasteiger partial charge in [0.1, 0.15) is 0 Å². The molecule has 1 aliphatic rings. The van der Waals surface area contributed by atoms with Crippen LogP contribution in [-0.4, -0.2) is 39.4 Å². The Morgan fingerprint density at radius 2 is 2.19 bits per heavy atom. The van der Waals surface area contributed by atoms with Gasteiger partial charge in [0.25, 0.3) is 11.6 Å². The number of benzene rings is 1. The molecule has 1 heterocycles. The predicted octanol–water partition coefficient (Wildman–Crippen LogP) is 1.98. The number of nitro benzene ring substituents is 1. The van der Waals surface area contributed by atoms with Crippen LogP contribution in [0.1, 0.15) is 35.2 Å². The molecular weight excluding hydrogens is 276 g/mol. The molecule has 0 aliphatic carbocycles. The molecule has 0 saturated carbocycles. The standard InChI is InChI=1S/C14H16N2O5/c1-9-11(5-2-6-12(9)16(20)21)14(19)15-7-3-4-10(15)8-13(17)18/h2,5-6,10H,3-4,7-8H2,1H3,(H,17,18). The molecule has 0 bridgehead atoms. The summed E-state index contributed by atoms with van der Waals surface area (Å²) in [6, 6.07) is 4.03. The van der Waals surface area contributed by atoms with Crippen molar-refractivity contribution in [3.8, 4) is 0 Å². The molecule has 1 unspecified atom stereocenters. The van der Waals surface area contributed by atoms with E-state index in [-0.39, 0.29) is 29.6 Å². The quantitative estimate of drug-likeness (QED) is 0.675. The molecule has 1 fully saturated rings. The fraction of sp³-hybridized carbons (Fsp3) is 0.429. The number of hydrogen-bond donors (Lipinski definition) is 1. The van der Waals surface area contributed by atoms with Gasteiger partial charge in [-0.1, -0.05) is 6.07 Å². The largest absolute Gasteiger partial charge is 0.481 e. The first kappa shape index (κ1) is 15.0. The van der Waals surface area contributed by atoms with Crippen LogP contribution in [0.15, 0.2) is 18.2 Å². The number of likely N-dealkylation sites (tertiary alicyclic amines) is 1. The molecule has 7 nitrogen and oxygen atoms in total. The zero-order valence-electron chi connectivity index (χ0n) is 11.6. The van der Waals surface area contributed by atoms with Crippen LogP contribution in [0.5, 0.6) is 0 Å². The summed E-state index contributed by atoms with van der Waals surface area (Å²) in [5.41, 5.74) is 0.477. The van der Waals surface area contributed by atoms with Crippen LogP contribution in [0.4, 0.5) is 5.69 Å². The molecule has 1 saturated heterocycles. The maximum Gasteiger partial charge on any atom is 0.305 e. The summed E-state index contributed by atoms with van der Waals surface area (Å²) in [6.07, 6.45) is 1.30. The number of carbonyl (C=O) groups excluding carboxylic acids is 1. The highest BCUT2D eigenvalue weighted by atomic mass is 16.6. The minimum Gasteiger partial charge on any atom is -0.481 e. The second-order valence-corrected chi connectivity index (χ2v) is 5.10. The molecule has 1 aromatic rings. The van der Waals surface area contributed by atoms with E-state index in [1.165, 1.54) is 24.0 Å². The molecule has 1 N–H and O–H groups in total. The third-order valence-electron chi connectivity index (χ3n) is 3.78. The monoisotopic (exact) mass is 292 g/mol. The molecular formula is C14H16N2O5. The SMILES string of the molecule is Cc1c(C(=O)N2CCCC2CC(=O)O)cccc1[N+](=O)[O-]. The lowest BCUT2D eigenvalue weighted by atomic mass is 10.0. The van der Waals surface area contributed by atoms with Crippen LogP contribution < -0.4 is 0 Å². The van der Waals surface area contributed by atoms with E-state index in [9.17, 15) is 19.7 Å². The number of amides is 1. The Balaban J connectivity index is 2.29. The third-order valence-corrected chi connectivity index (χ3v) is 3.78. The Morgan fingerprint density at radius 1 is 1.48 bits per heavy atom. The van der Waals surface area contributed by atoms with E-state index in [1.807, 2.05) is 0 Å². The average molecular weight is 292 g/mol. The molecule has 0 radical (unpaired) electrons. The van der Waals surface area contributed by atoms with E-state index < -0.39 is 10.9 Å². The van der Waals surface area contributed by atoms with Gasteiger partial charge < -0.3 is 10.0 Å². The molecule has 1 aromatic carbocycles. The van der Waals surface area contributed by atoms with E-state index in [1.54, 1.807) is 6.07 Å². The van der Waals surface area contributed by atoms with Gasteiger partial charge in [-0.2, -0.15) is 0 Å². The Labute approximate surface area is 121 Å². The normalized spacial score (nSPS) is 17.8. The smallest absolute Gasteiger partial charge is 0.305 e. The van der Waals surface area contributed by atoms with Gasteiger partial charge in [-0.05, 0) is 25.8 Å². The van der Waals surface area contributed by atoms with Gasteiger partial charge in [0.05, 0.1) is 11.3 Å². The molecule has 0 aromatic heterocycles. The predicted molar refractivity (Wildman–Crippen MR) is 74.1 cm³/mol. The van der Waals surface area contributed by atoms with Crippen molar-refractivity contribution in [1.29, 1.82) is 0 Å². The Bertz CT molecular complexity index is 599. The third kappa shape index (κ3) is 3.01. The van der Waals surface area contributed by atoms with Crippen LogP contribution in [0.3, 0.4) is 0 Å². The minimum atomic E-state index is -0.949. The fourth-order valence-corrected chi connectivity index (χ4v) is 2.72.